The molecule has 2 rings (SSSR count). The van der Waals surface area contributed by atoms with Crippen LogP contribution in [0.4, 0.5) is 11.4 Å². The van der Waals surface area contributed by atoms with E-state index in [9.17, 15) is 15.0 Å². The number of hydrogen-bond donors (Lipinski definition) is 4. The van der Waals surface area contributed by atoms with Crippen LogP contribution < -0.4 is 10.6 Å². The van der Waals surface area contributed by atoms with Gasteiger partial charge in [0.15, 0.2) is 11.5 Å². The molecular formula is C16H18N2O3. The maximum atomic E-state index is 11.4. The second-order valence-electron chi connectivity index (χ2n) is 4.62. The number of anilines is 2. The average molecular weight is 286 g/mol. The SMILES string of the molecule is CCC(=O)Nc1cccc(NCc2cccc(O)c2O)c1. The summed E-state index contributed by atoms with van der Waals surface area (Å²) >= 11 is 0. The van der Waals surface area contributed by atoms with Gasteiger partial charge in [-0.25, -0.2) is 0 Å². The zero-order valence-electron chi connectivity index (χ0n) is 11.8. The Bertz CT molecular complexity index is 641. The highest BCUT2D eigenvalue weighted by Gasteiger charge is 2.05. The number of hydrogen-bond acceptors (Lipinski definition) is 4. The highest BCUT2D eigenvalue weighted by atomic mass is 16.3. The lowest BCUT2D eigenvalue weighted by Crippen LogP contribution is -2.09. The van der Waals surface area contributed by atoms with Gasteiger partial charge < -0.3 is 20.8 Å². The molecule has 0 radical (unpaired) electrons. The van der Waals surface area contributed by atoms with Crippen LogP contribution in [0.5, 0.6) is 11.5 Å². The van der Waals surface area contributed by atoms with E-state index < -0.39 is 0 Å². The Balaban J connectivity index is 2.05. The predicted molar refractivity (Wildman–Crippen MR) is 82.5 cm³/mol. The first-order chi connectivity index (χ1) is 10.1. The highest BCUT2D eigenvalue weighted by Crippen LogP contribution is 2.28. The summed E-state index contributed by atoms with van der Waals surface area (Å²) in [6.07, 6.45) is 0.425. The van der Waals surface area contributed by atoms with Gasteiger partial charge in [-0.05, 0) is 24.3 Å². The fraction of sp³-hybridized carbons (Fsp3) is 0.188. The highest BCUT2D eigenvalue weighted by molar-refractivity contribution is 5.90. The van der Waals surface area contributed by atoms with Crippen LogP contribution >= 0.6 is 0 Å². The second kappa shape index (κ2) is 6.65. The number of benzene rings is 2. The lowest BCUT2D eigenvalue weighted by molar-refractivity contribution is -0.115. The largest absolute Gasteiger partial charge is 0.504 e. The van der Waals surface area contributed by atoms with Crippen molar-refractivity contribution in [1.29, 1.82) is 0 Å². The maximum absolute atomic E-state index is 11.4. The number of para-hydroxylation sites is 1. The van der Waals surface area contributed by atoms with Crippen molar-refractivity contribution in [3.05, 3.63) is 48.0 Å². The van der Waals surface area contributed by atoms with Crippen molar-refractivity contribution < 1.29 is 15.0 Å². The summed E-state index contributed by atoms with van der Waals surface area (Å²) < 4.78 is 0. The summed E-state index contributed by atoms with van der Waals surface area (Å²) in [4.78, 5) is 11.4. The van der Waals surface area contributed by atoms with E-state index in [-0.39, 0.29) is 17.4 Å². The molecule has 0 bridgehead atoms. The molecule has 5 heteroatoms. The quantitative estimate of drug-likeness (QED) is 0.637. The predicted octanol–water partition coefficient (Wildman–Crippen LogP) is 3.06. The molecular weight excluding hydrogens is 268 g/mol. The number of aromatic hydroxyl groups is 2. The van der Waals surface area contributed by atoms with Gasteiger partial charge in [0, 0.05) is 29.9 Å². The molecule has 4 N–H and O–H groups in total. The maximum Gasteiger partial charge on any atom is 0.224 e. The molecule has 0 heterocycles. The van der Waals surface area contributed by atoms with Gasteiger partial charge in [0.1, 0.15) is 0 Å². The van der Waals surface area contributed by atoms with E-state index in [0.29, 0.717) is 24.2 Å². The van der Waals surface area contributed by atoms with Crippen molar-refractivity contribution in [2.45, 2.75) is 19.9 Å². The third kappa shape index (κ3) is 3.89. The van der Waals surface area contributed by atoms with Crippen LogP contribution in [0.2, 0.25) is 0 Å². The van der Waals surface area contributed by atoms with Crippen molar-refractivity contribution in [2.24, 2.45) is 0 Å². The normalized spacial score (nSPS) is 10.1. The molecule has 0 aromatic heterocycles. The summed E-state index contributed by atoms with van der Waals surface area (Å²) in [5.74, 6) is -0.309. The molecule has 0 atom stereocenters. The van der Waals surface area contributed by atoms with E-state index in [2.05, 4.69) is 10.6 Å². The van der Waals surface area contributed by atoms with Gasteiger partial charge in [0.2, 0.25) is 5.91 Å². The topological polar surface area (TPSA) is 81.6 Å². The lowest BCUT2D eigenvalue weighted by Gasteiger charge is -2.10. The number of phenols is 2. The molecule has 0 spiro atoms. The van der Waals surface area contributed by atoms with Gasteiger partial charge >= 0.3 is 0 Å². The molecule has 0 aliphatic carbocycles. The molecule has 0 fully saturated rings. The van der Waals surface area contributed by atoms with Crippen molar-refractivity contribution in [3.63, 3.8) is 0 Å². The Morgan fingerprint density at radius 1 is 1.10 bits per heavy atom. The molecule has 0 aliphatic rings. The minimum absolute atomic E-state index is 0.0437. The van der Waals surface area contributed by atoms with E-state index in [0.717, 1.165) is 5.69 Å². The molecule has 21 heavy (non-hydrogen) atoms. The average Bonchev–Trinajstić information content (AvgIpc) is 2.49. The minimum Gasteiger partial charge on any atom is -0.504 e. The Hall–Kier alpha value is -2.69. The van der Waals surface area contributed by atoms with Crippen LogP contribution in [0.1, 0.15) is 18.9 Å². The first-order valence-corrected chi connectivity index (χ1v) is 6.73. The van der Waals surface area contributed by atoms with E-state index >= 15 is 0 Å². The van der Waals surface area contributed by atoms with Gasteiger partial charge in [0.05, 0.1) is 0 Å². The van der Waals surface area contributed by atoms with Gasteiger partial charge in [-0.1, -0.05) is 25.1 Å². The van der Waals surface area contributed by atoms with Crippen molar-refractivity contribution >= 4 is 17.3 Å². The number of rotatable bonds is 5. The number of phenolic OH excluding ortho intramolecular Hbond substituents is 2. The molecule has 1 amide bonds. The van der Waals surface area contributed by atoms with Crippen LogP contribution in [0.3, 0.4) is 0 Å². The van der Waals surface area contributed by atoms with Crippen LogP contribution in [-0.2, 0) is 11.3 Å². The fourth-order valence-electron chi connectivity index (χ4n) is 1.87. The fourth-order valence-corrected chi connectivity index (χ4v) is 1.87. The molecule has 0 saturated carbocycles. The smallest absolute Gasteiger partial charge is 0.224 e. The Labute approximate surface area is 123 Å². The molecule has 2 aromatic carbocycles. The van der Waals surface area contributed by atoms with Gasteiger partial charge in [0.25, 0.3) is 0 Å². The summed E-state index contributed by atoms with van der Waals surface area (Å²) in [5, 5.41) is 25.1. The van der Waals surface area contributed by atoms with E-state index in [1.54, 1.807) is 19.1 Å². The van der Waals surface area contributed by atoms with Crippen LogP contribution in [0, 0.1) is 0 Å². The first-order valence-electron chi connectivity index (χ1n) is 6.73. The summed E-state index contributed by atoms with van der Waals surface area (Å²) in [5.41, 5.74) is 2.12. The molecule has 0 saturated heterocycles. The summed E-state index contributed by atoms with van der Waals surface area (Å²) in [7, 11) is 0. The zero-order valence-corrected chi connectivity index (χ0v) is 11.8. The molecule has 5 nitrogen and oxygen atoms in total. The Morgan fingerprint density at radius 3 is 2.57 bits per heavy atom. The van der Waals surface area contributed by atoms with E-state index in [4.69, 9.17) is 0 Å². The van der Waals surface area contributed by atoms with Crippen molar-refractivity contribution in [1.82, 2.24) is 0 Å². The Kier molecular flexibility index (Phi) is 4.66. The number of carbonyl (C=O) groups excluding carboxylic acids is 1. The van der Waals surface area contributed by atoms with Gasteiger partial charge in [-0.15, -0.1) is 0 Å². The molecule has 110 valence electrons. The molecule has 0 unspecified atom stereocenters. The van der Waals surface area contributed by atoms with Crippen molar-refractivity contribution in [2.75, 3.05) is 10.6 Å². The van der Waals surface area contributed by atoms with Gasteiger partial charge in [-0.2, -0.15) is 0 Å². The number of nitrogens with one attached hydrogen (secondary N) is 2. The number of amides is 1. The monoisotopic (exact) mass is 286 g/mol. The summed E-state index contributed by atoms with van der Waals surface area (Å²) in [6.45, 7) is 2.16. The second-order valence-corrected chi connectivity index (χ2v) is 4.62. The lowest BCUT2D eigenvalue weighted by atomic mass is 10.2. The van der Waals surface area contributed by atoms with Crippen LogP contribution in [0.15, 0.2) is 42.5 Å². The zero-order chi connectivity index (χ0) is 15.2. The van der Waals surface area contributed by atoms with E-state index in [1.807, 2.05) is 24.3 Å². The van der Waals surface area contributed by atoms with Crippen LogP contribution in [-0.4, -0.2) is 16.1 Å². The third-order valence-corrected chi connectivity index (χ3v) is 3.05. The summed E-state index contributed by atoms with van der Waals surface area (Å²) in [6, 6.07) is 12.1. The van der Waals surface area contributed by atoms with Crippen LogP contribution in [0.25, 0.3) is 0 Å². The minimum atomic E-state index is -0.141. The first kappa shape index (κ1) is 14.7. The number of carbonyl (C=O) groups is 1. The standard InChI is InChI=1S/C16H18N2O3/c1-2-15(20)18-13-7-4-6-12(9-13)17-10-11-5-3-8-14(19)16(11)21/h3-9,17,19,21H,2,10H2,1H3,(H,18,20). The molecule has 2 aromatic rings. The molecule has 0 aliphatic heterocycles. The Morgan fingerprint density at radius 2 is 1.81 bits per heavy atom. The van der Waals surface area contributed by atoms with Gasteiger partial charge in [-0.3, -0.25) is 4.79 Å². The van der Waals surface area contributed by atoms with E-state index in [1.165, 1.54) is 6.07 Å². The third-order valence-electron chi connectivity index (χ3n) is 3.05. The van der Waals surface area contributed by atoms with Crippen molar-refractivity contribution in [3.8, 4) is 11.5 Å².